The van der Waals surface area contributed by atoms with Crippen molar-refractivity contribution >= 4 is 29.2 Å². The van der Waals surface area contributed by atoms with Crippen LogP contribution in [0, 0.1) is 5.92 Å². The fourth-order valence-electron chi connectivity index (χ4n) is 2.50. The number of halogens is 2. The van der Waals surface area contributed by atoms with Crippen molar-refractivity contribution in [3.63, 3.8) is 0 Å². The van der Waals surface area contributed by atoms with Crippen molar-refractivity contribution in [2.24, 2.45) is 5.92 Å². The quantitative estimate of drug-likeness (QED) is 0.770. The van der Waals surface area contributed by atoms with E-state index in [1.165, 1.54) is 7.11 Å². The molecule has 0 saturated heterocycles. The van der Waals surface area contributed by atoms with Gasteiger partial charge in [0, 0.05) is 10.0 Å². The Kier molecular flexibility index (Phi) is 5.69. The molecule has 2 rings (SSSR count). The molecule has 1 aromatic rings. The molecule has 19 heavy (non-hydrogen) atoms. The van der Waals surface area contributed by atoms with E-state index >= 15 is 0 Å². The molecule has 1 aromatic carbocycles. The van der Waals surface area contributed by atoms with Crippen LogP contribution in [0.15, 0.2) is 6.07 Å². The molecule has 0 N–H and O–H groups in total. The van der Waals surface area contributed by atoms with Crippen molar-refractivity contribution in [2.75, 3.05) is 7.11 Å². The van der Waals surface area contributed by atoms with Crippen molar-refractivity contribution in [3.05, 3.63) is 32.8 Å². The Morgan fingerprint density at radius 1 is 1.37 bits per heavy atom. The van der Waals surface area contributed by atoms with Crippen LogP contribution in [0.3, 0.4) is 0 Å². The second-order valence-corrected chi connectivity index (χ2v) is 5.51. The van der Waals surface area contributed by atoms with E-state index in [9.17, 15) is 4.79 Å². The molecule has 1 atom stereocenters. The van der Waals surface area contributed by atoms with Gasteiger partial charge in [-0.2, -0.15) is 0 Å². The van der Waals surface area contributed by atoms with Gasteiger partial charge in [-0.15, -0.1) is 0 Å². The Hall–Kier alpha value is -0.730. The van der Waals surface area contributed by atoms with Crippen molar-refractivity contribution in [1.82, 2.24) is 0 Å². The van der Waals surface area contributed by atoms with Gasteiger partial charge in [-0.3, -0.25) is 4.79 Å². The maximum Gasteiger partial charge on any atom is 0.310 e. The number of rotatable bonds is 3. The zero-order chi connectivity index (χ0) is 13.3. The third-order valence-corrected chi connectivity index (χ3v) is 4.43. The first-order chi connectivity index (χ1) is 8.56. The van der Waals surface area contributed by atoms with Crippen molar-refractivity contribution in [1.29, 1.82) is 0 Å². The Balaban J connectivity index is 0.00000180. The standard InChI is InChI=1S/C14H16Cl2O2.CH4/c1-3-8-4-10-11(5-8)14(16)9(6-12(10)15)7-13(17)18-2;/h6,8H,3-5,7H2,1-2H3;1H4. The summed E-state index contributed by atoms with van der Waals surface area (Å²) in [6, 6.07) is 1.80. The van der Waals surface area contributed by atoms with Crippen molar-refractivity contribution < 1.29 is 9.53 Å². The minimum atomic E-state index is -0.294. The lowest BCUT2D eigenvalue weighted by Gasteiger charge is -2.10. The van der Waals surface area contributed by atoms with E-state index in [1.807, 2.05) is 0 Å². The second-order valence-electron chi connectivity index (χ2n) is 4.72. The lowest BCUT2D eigenvalue weighted by atomic mass is 10.0. The maximum absolute atomic E-state index is 11.3. The van der Waals surface area contributed by atoms with E-state index in [1.54, 1.807) is 6.07 Å². The van der Waals surface area contributed by atoms with Gasteiger partial charge < -0.3 is 4.74 Å². The van der Waals surface area contributed by atoms with Crippen molar-refractivity contribution in [3.8, 4) is 0 Å². The van der Waals surface area contributed by atoms with Gasteiger partial charge in [-0.25, -0.2) is 0 Å². The number of fused-ring (bicyclic) bond motifs is 1. The number of methoxy groups -OCH3 is 1. The summed E-state index contributed by atoms with van der Waals surface area (Å²) >= 11 is 12.7. The largest absolute Gasteiger partial charge is 0.469 e. The number of ether oxygens (including phenoxy) is 1. The molecular formula is C15H20Cl2O2. The number of benzene rings is 1. The van der Waals surface area contributed by atoms with E-state index in [0.717, 1.165) is 41.0 Å². The number of hydrogen-bond acceptors (Lipinski definition) is 2. The summed E-state index contributed by atoms with van der Waals surface area (Å²) < 4.78 is 4.67. The lowest BCUT2D eigenvalue weighted by molar-refractivity contribution is -0.139. The van der Waals surface area contributed by atoms with Crippen LogP contribution in [-0.2, 0) is 28.8 Å². The van der Waals surface area contributed by atoms with Gasteiger partial charge in [0.25, 0.3) is 0 Å². The second kappa shape index (κ2) is 6.62. The van der Waals surface area contributed by atoms with Gasteiger partial charge in [0.05, 0.1) is 13.5 Å². The molecule has 0 radical (unpaired) electrons. The summed E-state index contributed by atoms with van der Waals surface area (Å²) in [6.45, 7) is 2.17. The number of esters is 1. The summed E-state index contributed by atoms with van der Waals surface area (Å²) in [5.41, 5.74) is 3.04. The van der Waals surface area contributed by atoms with Crippen LogP contribution in [0.2, 0.25) is 10.0 Å². The average Bonchev–Trinajstić information content (AvgIpc) is 2.80. The highest BCUT2D eigenvalue weighted by Crippen LogP contribution is 2.40. The van der Waals surface area contributed by atoms with Crippen LogP contribution in [0.1, 0.15) is 37.5 Å². The van der Waals surface area contributed by atoms with Crippen LogP contribution in [0.25, 0.3) is 0 Å². The first-order valence-electron chi connectivity index (χ1n) is 6.12. The molecule has 2 nitrogen and oxygen atoms in total. The predicted molar refractivity (Wildman–Crippen MR) is 80.1 cm³/mol. The summed E-state index contributed by atoms with van der Waals surface area (Å²) in [7, 11) is 1.37. The molecule has 1 unspecified atom stereocenters. The molecule has 0 aromatic heterocycles. The molecule has 0 heterocycles. The summed E-state index contributed by atoms with van der Waals surface area (Å²) in [5.74, 6) is 0.321. The maximum atomic E-state index is 11.3. The SMILES string of the molecule is C.CCC1Cc2c(Cl)cc(CC(=O)OC)c(Cl)c2C1. The van der Waals surface area contributed by atoms with Crippen LogP contribution >= 0.6 is 23.2 Å². The Morgan fingerprint density at radius 3 is 2.58 bits per heavy atom. The fraction of sp³-hybridized carbons (Fsp3) is 0.533. The van der Waals surface area contributed by atoms with Crippen molar-refractivity contribution in [2.45, 2.75) is 40.0 Å². The topological polar surface area (TPSA) is 26.3 Å². The minimum Gasteiger partial charge on any atom is -0.469 e. The summed E-state index contributed by atoms with van der Waals surface area (Å²) in [6.07, 6.45) is 3.25. The Labute approximate surface area is 125 Å². The molecule has 0 saturated carbocycles. The molecule has 0 bridgehead atoms. The Bertz CT molecular complexity index is 484. The molecule has 1 aliphatic rings. The van der Waals surface area contributed by atoms with E-state index in [2.05, 4.69) is 11.7 Å². The highest BCUT2D eigenvalue weighted by Gasteiger charge is 2.26. The van der Waals surface area contributed by atoms with Gasteiger partial charge >= 0.3 is 5.97 Å². The molecule has 106 valence electrons. The highest BCUT2D eigenvalue weighted by molar-refractivity contribution is 6.35. The molecule has 1 aliphatic carbocycles. The predicted octanol–water partition coefficient (Wildman–Crippen LogP) is 4.47. The van der Waals surface area contributed by atoms with Crippen LogP contribution in [-0.4, -0.2) is 13.1 Å². The normalized spacial score (nSPS) is 16.7. The fourth-order valence-corrected chi connectivity index (χ4v) is 3.14. The molecule has 4 heteroatoms. The monoisotopic (exact) mass is 302 g/mol. The van der Waals surface area contributed by atoms with E-state index in [0.29, 0.717) is 10.9 Å². The zero-order valence-corrected chi connectivity index (χ0v) is 12.1. The van der Waals surface area contributed by atoms with Gasteiger partial charge in [-0.05, 0) is 41.5 Å². The number of hydrogen-bond donors (Lipinski definition) is 0. The third kappa shape index (κ3) is 3.24. The van der Waals surface area contributed by atoms with Gasteiger partial charge in [0.15, 0.2) is 0 Å². The molecule has 0 aliphatic heterocycles. The third-order valence-electron chi connectivity index (χ3n) is 3.63. The lowest BCUT2D eigenvalue weighted by Crippen LogP contribution is -2.06. The highest BCUT2D eigenvalue weighted by atomic mass is 35.5. The minimum absolute atomic E-state index is 0. The van der Waals surface area contributed by atoms with E-state index in [4.69, 9.17) is 23.2 Å². The van der Waals surface area contributed by atoms with Gasteiger partial charge in [-0.1, -0.05) is 44.0 Å². The smallest absolute Gasteiger partial charge is 0.310 e. The zero-order valence-electron chi connectivity index (χ0n) is 10.6. The first-order valence-corrected chi connectivity index (χ1v) is 6.87. The van der Waals surface area contributed by atoms with Gasteiger partial charge in [0.2, 0.25) is 0 Å². The van der Waals surface area contributed by atoms with Crippen LogP contribution < -0.4 is 0 Å². The molecular weight excluding hydrogens is 283 g/mol. The summed E-state index contributed by atoms with van der Waals surface area (Å²) in [5, 5.41) is 1.42. The molecule has 0 spiro atoms. The molecule has 0 fully saturated rings. The van der Waals surface area contributed by atoms with E-state index in [-0.39, 0.29) is 19.8 Å². The Morgan fingerprint density at radius 2 is 2.00 bits per heavy atom. The van der Waals surface area contributed by atoms with Gasteiger partial charge in [0.1, 0.15) is 0 Å². The number of carbonyl (C=O) groups is 1. The molecule has 0 amide bonds. The summed E-state index contributed by atoms with van der Waals surface area (Å²) in [4.78, 5) is 11.3. The van der Waals surface area contributed by atoms with Crippen LogP contribution in [0.5, 0.6) is 0 Å². The van der Waals surface area contributed by atoms with Crippen LogP contribution in [0.4, 0.5) is 0 Å². The average molecular weight is 303 g/mol. The van der Waals surface area contributed by atoms with E-state index < -0.39 is 0 Å². The number of carbonyl (C=O) groups excluding carboxylic acids is 1. The first kappa shape index (κ1) is 16.3.